The zero-order valence-corrected chi connectivity index (χ0v) is 9.90. The van der Waals surface area contributed by atoms with Crippen LogP contribution in [0, 0.1) is 6.92 Å². The van der Waals surface area contributed by atoms with Crippen LogP contribution >= 0.6 is 12.4 Å². The maximum Gasteiger partial charge on any atom is 0.257 e. The Hall–Kier alpha value is -1.00. The van der Waals surface area contributed by atoms with Crippen molar-refractivity contribution in [1.82, 2.24) is 9.88 Å². The molecule has 2 rings (SSSR count). The fourth-order valence-corrected chi connectivity index (χ4v) is 2.02. The number of hydrogen-bond donors (Lipinski definition) is 1. The summed E-state index contributed by atoms with van der Waals surface area (Å²) < 4.78 is 6.97. The van der Waals surface area contributed by atoms with Crippen molar-refractivity contribution < 1.29 is 4.74 Å². The molecule has 0 atom stereocenters. The molecule has 0 amide bonds. The van der Waals surface area contributed by atoms with Crippen LogP contribution in [0.4, 0.5) is 0 Å². The number of nitrogens with one attached hydrogen (secondary N) is 1. The topological polar surface area (TPSA) is 43.3 Å². The van der Waals surface area contributed by atoms with Gasteiger partial charge in [0.2, 0.25) is 0 Å². The summed E-state index contributed by atoms with van der Waals surface area (Å²) in [5, 5.41) is 3.22. The van der Waals surface area contributed by atoms with Gasteiger partial charge in [0.1, 0.15) is 5.75 Å². The quantitative estimate of drug-likeness (QED) is 0.774. The first-order valence-corrected chi connectivity index (χ1v) is 4.63. The zero-order valence-electron chi connectivity index (χ0n) is 9.09. The predicted octanol–water partition coefficient (Wildman–Crippen LogP) is 0.727. The average molecular weight is 231 g/mol. The predicted molar refractivity (Wildman–Crippen MR) is 60.8 cm³/mol. The number of pyridine rings is 1. The SMILES string of the molecule is COc1c2c(n(C)c(=O)c1C)CNC2.Cl. The molecule has 1 aromatic heterocycles. The van der Waals surface area contributed by atoms with Gasteiger partial charge in [-0.25, -0.2) is 0 Å². The van der Waals surface area contributed by atoms with E-state index in [1.54, 1.807) is 25.6 Å². The minimum atomic E-state index is 0. The van der Waals surface area contributed by atoms with Crippen molar-refractivity contribution in [2.45, 2.75) is 20.0 Å². The van der Waals surface area contributed by atoms with E-state index >= 15 is 0 Å². The number of aromatic nitrogens is 1. The van der Waals surface area contributed by atoms with E-state index in [0.717, 1.165) is 30.1 Å². The van der Waals surface area contributed by atoms with Crippen LogP contribution in [0.3, 0.4) is 0 Å². The van der Waals surface area contributed by atoms with Crippen LogP contribution < -0.4 is 15.6 Å². The smallest absolute Gasteiger partial charge is 0.257 e. The number of nitrogens with zero attached hydrogens (tertiary/aromatic N) is 1. The summed E-state index contributed by atoms with van der Waals surface area (Å²) in [6, 6.07) is 0. The third-order valence-corrected chi connectivity index (χ3v) is 2.79. The van der Waals surface area contributed by atoms with Crippen molar-refractivity contribution >= 4 is 12.4 Å². The molecule has 15 heavy (non-hydrogen) atoms. The standard InChI is InChI=1S/C10H14N2O2.ClH/c1-6-9(14-3)7-4-11-5-8(7)12(2)10(6)13;/h11H,4-5H2,1-3H3;1H. The van der Waals surface area contributed by atoms with Gasteiger partial charge in [0, 0.05) is 31.4 Å². The lowest BCUT2D eigenvalue weighted by atomic mass is 10.1. The van der Waals surface area contributed by atoms with Crippen LogP contribution in [0.2, 0.25) is 0 Å². The largest absolute Gasteiger partial charge is 0.496 e. The van der Waals surface area contributed by atoms with Crippen LogP contribution in [0.5, 0.6) is 5.75 Å². The van der Waals surface area contributed by atoms with Gasteiger partial charge in [0.25, 0.3) is 5.56 Å². The molecule has 0 radical (unpaired) electrons. The highest BCUT2D eigenvalue weighted by molar-refractivity contribution is 5.85. The van der Waals surface area contributed by atoms with Crippen molar-refractivity contribution in [2.75, 3.05) is 7.11 Å². The van der Waals surface area contributed by atoms with Gasteiger partial charge in [-0.05, 0) is 6.92 Å². The summed E-state index contributed by atoms with van der Waals surface area (Å²) in [6.45, 7) is 3.34. The highest BCUT2D eigenvalue weighted by Gasteiger charge is 2.21. The molecule has 4 nitrogen and oxygen atoms in total. The molecular formula is C10H15ClN2O2. The molecule has 1 aliphatic rings. The van der Waals surface area contributed by atoms with E-state index in [4.69, 9.17) is 4.74 Å². The molecule has 0 spiro atoms. The van der Waals surface area contributed by atoms with E-state index in [-0.39, 0.29) is 18.0 Å². The van der Waals surface area contributed by atoms with Gasteiger partial charge >= 0.3 is 0 Å². The molecule has 5 heteroatoms. The Morgan fingerprint density at radius 1 is 1.40 bits per heavy atom. The van der Waals surface area contributed by atoms with Crippen LogP contribution in [0.1, 0.15) is 16.8 Å². The van der Waals surface area contributed by atoms with E-state index in [9.17, 15) is 4.79 Å². The van der Waals surface area contributed by atoms with E-state index in [0.29, 0.717) is 5.56 Å². The Kier molecular flexibility index (Phi) is 3.42. The monoisotopic (exact) mass is 230 g/mol. The highest BCUT2D eigenvalue weighted by atomic mass is 35.5. The van der Waals surface area contributed by atoms with Crippen LogP contribution in [0.15, 0.2) is 4.79 Å². The molecule has 0 saturated carbocycles. The second-order valence-corrected chi connectivity index (χ2v) is 3.55. The van der Waals surface area contributed by atoms with E-state index in [2.05, 4.69) is 5.32 Å². The lowest BCUT2D eigenvalue weighted by Crippen LogP contribution is -2.24. The summed E-state index contributed by atoms with van der Waals surface area (Å²) in [5.41, 5.74) is 2.88. The van der Waals surface area contributed by atoms with E-state index in [1.165, 1.54) is 0 Å². The van der Waals surface area contributed by atoms with Gasteiger partial charge in [-0.2, -0.15) is 0 Å². The van der Waals surface area contributed by atoms with Crippen molar-refractivity contribution in [3.05, 3.63) is 27.2 Å². The number of ether oxygens (including phenoxy) is 1. The Bertz CT molecular complexity index is 440. The minimum Gasteiger partial charge on any atom is -0.496 e. The fourth-order valence-electron chi connectivity index (χ4n) is 2.02. The van der Waals surface area contributed by atoms with Crippen molar-refractivity contribution in [1.29, 1.82) is 0 Å². The zero-order chi connectivity index (χ0) is 10.3. The second-order valence-electron chi connectivity index (χ2n) is 3.55. The summed E-state index contributed by atoms with van der Waals surface area (Å²) in [7, 11) is 3.42. The highest BCUT2D eigenvalue weighted by Crippen LogP contribution is 2.26. The fraction of sp³-hybridized carbons (Fsp3) is 0.500. The van der Waals surface area contributed by atoms with Gasteiger partial charge in [-0.1, -0.05) is 0 Å². The first-order chi connectivity index (χ1) is 6.66. The van der Waals surface area contributed by atoms with Crippen LogP contribution in [-0.4, -0.2) is 11.7 Å². The first-order valence-electron chi connectivity index (χ1n) is 4.63. The van der Waals surface area contributed by atoms with Crippen molar-refractivity contribution in [2.24, 2.45) is 7.05 Å². The van der Waals surface area contributed by atoms with Crippen molar-refractivity contribution in [3.8, 4) is 5.75 Å². The molecule has 0 bridgehead atoms. The molecule has 84 valence electrons. The molecule has 0 aromatic carbocycles. The van der Waals surface area contributed by atoms with Crippen molar-refractivity contribution in [3.63, 3.8) is 0 Å². The molecule has 1 aliphatic heterocycles. The lowest BCUT2D eigenvalue weighted by molar-refractivity contribution is 0.404. The number of halogens is 1. The Morgan fingerprint density at radius 3 is 2.67 bits per heavy atom. The lowest BCUT2D eigenvalue weighted by Gasteiger charge is -2.12. The number of hydrogen-bond acceptors (Lipinski definition) is 3. The van der Waals surface area contributed by atoms with Gasteiger partial charge in [0.15, 0.2) is 0 Å². The van der Waals surface area contributed by atoms with Gasteiger partial charge in [0.05, 0.1) is 12.7 Å². The summed E-state index contributed by atoms with van der Waals surface area (Å²) in [4.78, 5) is 11.8. The maximum atomic E-state index is 11.8. The molecule has 0 unspecified atom stereocenters. The minimum absolute atomic E-state index is 0. The average Bonchev–Trinajstić information content (AvgIpc) is 2.64. The third kappa shape index (κ3) is 1.64. The Morgan fingerprint density at radius 2 is 2.07 bits per heavy atom. The number of fused-ring (bicyclic) bond motifs is 1. The maximum absolute atomic E-state index is 11.8. The summed E-state index contributed by atoms with van der Waals surface area (Å²) >= 11 is 0. The van der Waals surface area contributed by atoms with Gasteiger partial charge in [-0.3, -0.25) is 4.79 Å². The normalized spacial score (nSPS) is 13.3. The number of methoxy groups -OCH3 is 1. The number of rotatable bonds is 1. The van der Waals surface area contributed by atoms with E-state index in [1.807, 2.05) is 0 Å². The molecule has 2 heterocycles. The molecule has 1 N–H and O–H groups in total. The third-order valence-electron chi connectivity index (χ3n) is 2.79. The molecule has 0 aliphatic carbocycles. The molecule has 0 fully saturated rings. The Balaban J connectivity index is 0.00000112. The second kappa shape index (κ2) is 4.24. The van der Waals surface area contributed by atoms with Crippen LogP contribution in [-0.2, 0) is 20.1 Å². The molecular weight excluding hydrogens is 216 g/mol. The van der Waals surface area contributed by atoms with Gasteiger partial charge < -0.3 is 14.6 Å². The molecule has 1 aromatic rings. The Labute approximate surface area is 94.7 Å². The first kappa shape index (κ1) is 12.1. The van der Waals surface area contributed by atoms with Gasteiger partial charge in [-0.15, -0.1) is 12.4 Å². The molecule has 0 saturated heterocycles. The van der Waals surface area contributed by atoms with E-state index < -0.39 is 0 Å². The van der Waals surface area contributed by atoms with Crippen LogP contribution in [0.25, 0.3) is 0 Å². The summed E-state index contributed by atoms with van der Waals surface area (Å²) in [5.74, 6) is 0.744. The summed E-state index contributed by atoms with van der Waals surface area (Å²) in [6.07, 6.45) is 0.